The molecule has 1 aliphatic rings. The molecule has 0 fully saturated rings. The quantitative estimate of drug-likeness (QED) is 0.292. The van der Waals surface area contributed by atoms with E-state index in [1.807, 2.05) is 0 Å². The fraction of sp³-hybridized carbons (Fsp3) is 0.0833. The van der Waals surface area contributed by atoms with Gasteiger partial charge in [-0.05, 0) is 61.0 Å². The first-order valence-electron chi connectivity index (χ1n) is 9.90. The molecular formula is C24H18FNO6S. The molecule has 168 valence electrons. The molecule has 33 heavy (non-hydrogen) atoms. The standard InChI is InChI=1S/C24H18FNO6S/c1-2-30-22-14-16(11-12-21(22)32-33(28,29)19-9-4-3-5-10-19)13-20-24(27)31-23(26-20)17-7-6-8-18(25)15-17/h3-15H,2H2,1H3/b20-13-. The Hall–Kier alpha value is -3.98. The summed E-state index contributed by atoms with van der Waals surface area (Å²) in [5, 5.41) is 0. The molecule has 0 aromatic heterocycles. The van der Waals surface area contributed by atoms with Gasteiger partial charge in [0.15, 0.2) is 17.2 Å². The number of halogens is 1. The number of cyclic esters (lactones) is 1. The Morgan fingerprint density at radius 2 is 1.79 bits per heavy atom. The maximum absolute atomic E-state index is 13.5. The second-order valence-corrected chi connectivity index (χ2v) is 8.38. The lowest BCUT2D eigenvalue weighted by Crippen LogP contribution is -2.10. The Morgan fingerprint density at radius 3 is 2.52 bits per heavy atom. The van der Waals surface area contributed by atoms with Gasteiger partial charge < -0.3 is 13.7 Å². The Labute approximate surface area is 189 Å². The SMILES string of the molecule is CCOc1cc(/C=C2\N=C(c3cccc(F)c3)OC2=O)ccc1OS(=O)(=O)c1ccccc1. The molecule has 7 nitrogen and oxygen atoms in total. The van der Waals surface area contributed by atoms with Crippen molar-refractivity contribution in [3.63, 3.8) is 0 Å². The van der Waals surface area contributed by atoms with E-state index in [9.17, 15) is 17.6 Å². The van der Waals surface area contributed by atoms with E-state index in [-0.39, 0.29) is 34.6 Å². The Bertz CT molecular complexity index is 1370. The maximum Gasteiger partial charge on any atom is 0.363 e. The van der Waals surface area contributed by atoms with Gasteiger partial charge in [0.05, 0.1) is 6.61 Å². The van der Waals surface area contributed by atoms with Crippen LogP contribution in [0, 0.1) is 5.82 Å². The molecule has 1 aliphatic heterocycles. The van der Waals surface area contributed by atoms with Gasteiger partial charge in [0.2, 0.25) is 5.90 Å². The largest absolute Gasteiger partial charge is 0.490 e. The Balaban J connectivity index is 1.64. The molecule has 0 radical (unpaired) electrons. The van der Waals surface area contributed by atoms with E-state index < -0.39 is 21.9 Å². The number of rotatable bonds is 7. The minimum atomic E-state index is -4.06. The summed E-state index contributed by atoms with van der Waals surface area (Å²) in [5.74, 6) is -1.01. The zero-order valence-corrected chi connectivity index (χ0v) is 18.2. The van der Waals surface area contributed by atoms with E-state index in [0.29, 0.717) is 11.1 Å². The summed E-state index contributed by atoms with van der Waals surface area (Å²) in [6.07, 6.45) is 1.45. The first-order chi connectivity index (χ1) is 15.9. The highest BCUT2D eigenvalue weighted by Crippen LogP contribution is 2.32. The molecule has 0 N–H and O–H groups in total. The van der Waals surface area contributed by atoms with Crippen molar-refractivity contribution in [3.8, 4) is 11.5 Å². The van der Waals surface area contributed by atoms with E-state index in [1.165, 1.54) is 48.5 Å². The molecule has 0 saturated carbocycles. The van der Waals surface area contributed by atoms with Gasteiger partial charge in [-0.15, -0.1) is 0 Å². The minimum Gasteiger partial charge on any atom is -0.490 e. The fourth-order valence-electron chi connectivity index (χ4n) is 3.02. The average Bonchev–Trinajstić information content (AvgIpc) is 3.16. The van der Waals surface area contributed by atoms with Crippen LogP contribution in [0.2, 0.25) is 0 Å². The summed E-state index contributed by atoms with van der Waals surface area (Å²) in [6, 6.07) is 17.8. The molecule has 3 aromatic carbocycles. The van der Waals surface area contributed by atoms with Crippen LogP contribution in [0.5, 0.6) is 11.5 Å². The Kier molecular flexibility index (Phi) is 6.23. The number of benzene rings is 3. The Morgan fingerprint density at radius 1 is 1.00 bits per heavy atom. The van der Waals surface area contributed by atoms with Crippen LogP contribution < -0.4 is 8.92 Å². The minimum absolute atomic E-state index is 0.000743. The lowest BCUT2D eigenvalue weighted by molar-refractivity contribution is -0.129. The van der Waals surface area contributed by atoms with Crippen LogP contribution in [0.15, 0.2) is 88.4 Å². The molecule has 0 aliphatic carbocycles. The van der Waals surface area contributed by atoms with Gasteiger partial charge in [-0.3, -0.25) is 0 Å². The molecule has 0 bridgehead atoms. The predicted molar refractivity (Wildman–Crippen MR) is 119 cm³/mol. The first-order valence-corrected chi connectivity index (χ1v) is 11.3. The summed E-state index contributed by atoms with van der Waals surface area (Å²) < 4.78 is 54.6. The van der Waals surface area contributed by atoms with Crippen LogP contribution in [0.4, 0.5) is 4.39 Å². The topological polar surface area (TPSA) is 91.3 Å². The van der Waals surface area contributed by atoms with Crippen molar-refractivity contribution in [2.24, 2.45) is 4.99 Å². The molecule has 0 saturated heterocycles. The molecule has 0 atom stereocenters. The number of nitrogens with zero attached hydrogens (tertiary/aromatic N) is 1. The number of aliphatic imine (C=N–C) groups is 1. The summed E-state index contributed by atoms with van der Waals surface area (Å²) in [4.78, 5) is 16.4. The third kappa shape index (κ3) is 5.09. The number of esters is 1. The van der Waals surface area contributed by atoms with Crippen molar-refractivity contribution in [1.29, 1.82) is 0 Å². The number of hydrogen-bond donors (Lipinski definition) is 0. The van der Waals surface area contributed by atoms with Gasteiger partial charge in [-0.1, -0.05) is 30.3 Å². The van der Waals surface area contributed by atoms with Crippen LogP contribution in [0.1, 0.15) is 18.1 Å². The van der Waals surface area contributed by atoms with Gasteiger partial charge >= 0.3 is 16.1 Å². The molecule has 9 heteroatoms. The summed E-state index contributed by atoms with van der Waals surface area (Å²) in [7, 11) is -4.06. The highest BCUT2D eigenvalue weighted by atomic mass is 32.2. The van der Waals surface area contributed by atoms with E-state index in [0.717, 1.165) is 0 Å². The van der Waals surface area contributed by atoms with Gasteiger partial charge in [-0.25, -0.2) is 14.2 Å². The van der Waals surface area contributed by atoms with E-state index in [1.54, 1.807) is 37.3 Å². The summed E-state index contributed by atoms with van der Waals surface area (Å²) in [5.41, 5.74) is 0.831. The second-order valence-electron chi connectivity index (χ2n) is 6.84. The van der Waals surface area contributed by atoms with Crippen LogP contribution >= 0.6 is 0 Å². The molecule has 0 amide bonds. The average molecular weight is 467 g/mol. The third-order valence-electron chi connectivity index (χ3n) is 4.49. The van der Waals surface area contributed by atoms with Crippen molar-refractivity contribution in [2.45, 2.75) is 11.8 Å². The van der Waals surface area contributed by atoms with Crippen molar-refractivity contribution >= 4 is 28.1 Å². The molecular weight excluding hydrogens is 449 g/mol. The smallest absolute Gasteiger partial charge is 0.363 e. The fourth-order valence-corrected chi connectivity index (χ4v) is 3.98. The van der Waals surface area contributed by atoms with Gasteiger partial charge in [0.1, 0.15) is 10.7 Å². The zero-order valence-electron chi connectivity index (χ0n) is 17.4. The maximum atomic E-state index is 13.5. The second kappa shape index (κ2) is 9.25. The lowest BCUT2D eigenvalue weighted by atomic mass is 10.1. The van der Waals surface area contributed by atoms with E-state index >= 15 is 0 Å². The number of carbonyl (C=O) groups is 1. The van der Waals surface area contributed by atoms with Crippen LogP contribution in [0.3, 0.4) is 0 Å². The number of hydrogen-bond acceptors (Lipinski definition) is 7. The van der Waals surface area contributed by atoms with Crippen molar-refractivity contribution in [3.05, 3.63) is 95.4 Å². The zero-order chi connectivity index (χ0) is 23.4. The molecule has 0 unspecified atom stereocenters. The summed E-state index contributed by atoms with van der Waals surface area (Å²) >= 11 is 0. The van der Waals surface area contributed by atoms with Crippen LogP contribution in [-0.4, -0.2) is 26.9 Å². The van der Waals surface area contributed by atoms with Crippen molar-refractivity contribution in [2.75, 3.05) is 6.61 Å². The van der Waals surface area contributed by atoms with E-state index in [2.05, 4.69) is 4.99 Å². The number of ether oxygens (including phenoxy) is 2. The van der Waals surface area contributed by atoms with Crippen LogP contribution in [-0.2, 0) is 19.6 Å². The highest BCUT2D eigenvalue weighted by molar-refractivity contribution is 7.87. The van der Waals surface area contributed by atoms with Crippen molar-refractivity contribution < 1.29 is 31.3 Å². The molecule has 4 rings (SSSR count). The van der Waals surface area contributed by atoms with Gasteiger partial charge in [0.25, 0.3) is 0 Å². The van der Waals surface area contributed by atoms with Crippen LogP contribution in [0.25, 0.3) is 6.08 Å². The molecule has 3 aromatic rings. The molecule has 1 heterocycles. The van der Waals surface area contributed by atoms with Gasteiger partial charge in [-0.2, -0.15) is 8.42 Å². The van der Waals surface area contributed by atoms with E-state index in [4.69, 9.17) is 13.7 Å². The normalized spacial score (nSPS) is 14.7. The summed E-state index contributed by atoms with van der Waals surface area (Å²) in [6.45, 7) is 2.00. The first kappa shape index (κ1) is 22.2. The monoisotopic (exact) mass is 467 g/mol. The lowest BCUT2D eigenvalue weighted by Gasteiger charge is -2.12. The predicted octanol–water partition coefficient (Wildman–Crippen LogP) is 4.34. The van der Waals surface area contributed by atoms with Crippen molar-refractivity contribution in [1.82, 2.24) is 0 Å². The van der Waals surface area contributed by atoms with Gasteiger partial charge in [0, 0.05) is 5.56 Å². The molecule has 0 spiro atoms. The highest BCUT2D eigenvalue weighted by Gasteiger charge is 2.25. The third-order valence-corrected chi connectivity index (χ3v) is 5.74. The number of carbonyl (C=O) groups excluding carboxylic acids is 1.